The predicted molar refractivity (Wildman–Crippen MR) is 74.5 cm³/mol. The molecule has 104 valence electrons. The van der Waals surface area contributed by atoms with Crippen LogP contribution < -0.4 is 9.47 Å². The fourth-order valence-corrected chi connectivity index (χ4v) is 2.99. The summed E-state index contributed by atoms with van der Waals surface area (Å²) in [7, 11) is 3.24. The number of benzene rings is 1. The van der Waals surface area contributed by atoms with E-state index >= 15 is 0 Å². The van der Waals surface area contributed by atoms with Gasteiger partial charge in [-0.2, -0.15) is 0 Å². The van der Waals surface area contributed by atoms with Crippen LogP contribution in [0.1, 0.15) is 24.8 Å². The fraction of sp³-hybridized carbons (Fsp3) is 0.500. The molecule has 0 saturated heterocycles. The maximum Gasteiger partial charge on any atom is 0.304 e. The van der Waals surface area contributed by atoms with Crippen LogP contribution in [0.5, 0.6) is 11.5 Å². The minimum atomic E-state index is -0.771. The number of carbonyl (C=O) groups is 1. The summed E-state index contributed by atoms with van der Waals surface area (Å²) in [4.78, 5) is 12.0. The molecule has 1 aliphatic rings. The Morgan fingerprint density at radius 1 is 1.32 bits per heavy atom. The number of rotatable bonds is 6. The summed E-state index contributed by atoms with van der Waals surface area (Å²) in [5.74, 6) is 0.760. The molecule has 19 heavy (non-hydrogen) atoms. The Labute approximate surface area is 117 Å². The van der Waals surface area contributed by atoms with Crippen LogP contribution in [0.15, 0.2) is 17.0 Å². The van der Waals surface area contributed by atoms with Crippen LogP contribution in [-0.2, 0) is 10.2 Å². The van der Waals surface area contributed by atoms with Crippen molar-refractivity contribution in [3.63, 3.8) is 0 Å². The third-order valence-electron chi connectivity index (χ3n) is 3.62. The second-order valence-corrected chi connectivity index (χ2v) is 5.61. The van der Waals surface area contributed by atoms with Gasteiger partial charge in [-0.25, -0.2) is 0 Å². The summed E-state index contributed by atoms with van der Waals surface area (Å²) in [5.41, 5.74) is 0.675. The summed E-state index contributed by atoms with van der Waals surface area (Å²) in [6.45, 7) is 0. The highest BCUT2D eigenvalue weighted by Gasteiger charge is 2.48. The average Bonchev–Trinajstić information content (AvgIpc) is 3.16. The molecule has 0 aliphatic heterocycles. The van der Waals surface area contributed by atoms with E-state index in [1.807, 2.05) is 18.4 Å². The van der Waals surface area contributed by atoms with E-state index in [0.29, 0.717) is 0 Å². The molecule has 4 nitrogen and oxygen atoms in total. The summed E-state index contributed by atoms with van der Waals surface area (Å²) >= 11 is 1.58. The lowest BCUT2D eigenvalue weighted by atomic mass is 9.91. The number of hydrogen-bond acceptors (Lipinski definition) is 4. The number of ether oxygens (including phenoxy) is 2. The molecule has 1 N–H and O–H groups in total. The molecule has 5 heteroatoms. The van der Waals surface area contributed by atoms with Crippen molar-refractivity contribution in [3.8, 4) is 11.5 Å². The van der Waals surface area contributed by atoms with Gasteiger partial charge in [-0.15, -0.1) is 11.8 Å². The fourth-order valence-electron chi connectivity index (χ4n) is 2.43. The van der Waals surface area contributed by atoms with Crippen molar-refractivity contribution in [2.75, 3.05) is 20.5 Å². The zero-order valence-corrected chi connectivity index (χ0v) is 12.2. The largest absolute Gasteiger partial charge is 0.496 e. The van der Waals surface area contributed by atoms with E-state index in [-0.39, 0.29) is 11.8 Å². The standard InChI is InChI=1S/C14H18O4S/c1-17-10-7-12(19-3)11(18-2)6-9(10)14(4-5-14)8-13(15)16/h6-7H,4-5,8H2,1-3H3,(H,15,16). The highest BCUT2D eigenvalue weighted by molar-refractivity contribution is 7.98. The van der Waals surface area contributed by atoms with E-state index < -0.39 is 5.97 Å². The van der Waals surface area contributed by atoms with Gasteiger partial charge in [0, 0.05) is 11.0 Å². The van der Waals surface area contributed by atoms with E-state index in [1.165, 1.54) is 0 Å². The average molecular weight is 282 g/mol. The number of aliphatic carboxylic acids is 1. The quantitative estimate of drug-likeness (QED) is 0.813. The van der Waals surface area contributed by atoms with Gasteiger partial charge in [0.05, 0.1) is 25.5 Å². The summed E-state index contributed by atoms with van der Waals surface area (Å²) < 4.78 is 10.8. The highest BCUT2D eigenvalue weighted by Crippen LogP contribution is 2.55. The van der Waals surface area contributed by atoms with Crippen molar-refractivity contribution >= 4 is 17.7 Å². The van der Waals surface area contributed by atoms with Crippen molar-refractivity contribution < 1.29 is 19.4 Å². The van der Waals surface area contributed by atoms with Crippen LogP contribution in [-0.4, -0.2) is 31.6 Å². The lowest BCUT2D eigenvalue weighted by molar-refractivity contribution is -0.137. The topological polar surface area (TPSA) is 55.8 Å². The monoisotopic (exact) mass is 282 g/mol. The van der Waals surface area contributed by atoms with Gasteiger partial charge in [-0.05, 0) is 31.2 Å². The zero-order valence-electron chi connectivity index (χ0n) is 11.4. The molecule has 1 aromatic carbocycles. The Morgan fingerprint density at radius 3 is 2.37 bits per heavy atom. The Hall–Kier alpha value is -1.36. The van der Waals surface area contributed by atoms with Crippen LogP contribution in [0.4, 0.5) is 0 Å². The number of carboxylic acid groups (broad SMARTS) is 1. The lowest BCUT2D eigenvalue weighted by Gasteiger charge is -2.19. The van der Waals surface area contributed by atoms with Gasteiger partial charge in [-0.1, -0.05) is 0 Å². The van der Waals surface area contributed by atoms with Crippen molar-refractivity contribution in [1.82, 2.24) is 0 Å². The molecule has 0 heterocycles. The van der Waals surface area contributed by atoms with E-state index in [1.54, 1.807) is 26.0 Å². The molecule has 0 spiro atoms. The van der Waals surface area contributed by atoms with Crippen LogP contribution in [0.25, 0.3) is 0 Å². The molecule has 1 saturated carbocycles. The van der Waals surface area contributed by atoms with Gasteiger partial charge in [0.2, 0.25) is 0 Å². The Bertz CT molecular complexity index is 494. The second kappa shape index (κ2) is 5.33. The van der Waals surface area contributed by atoms with Crippen molar-refractivity contribution in [2.24, 2.45) is 0 Å². The van der Waals surface area contributed by atoms with E-state index in [4.69, 9.17) is 14.6 Å². The Balaban J connectivity index is 2.47. The minimum Gasteiger partial charge on any atom is -0.496 e. The normalized spacial score (nSPS) is 15.9. The third-order valence-corrected chi connectivity index (χ3v) is 4.38. The molecule has 2 rings (SSSR count). The van der Waals surface area contributed by atoms with Crippen LogP contribution in [0, 0.1) is 0 Å². The molecule has 0 unspecified atom stereocenters. The zero-order chi connectivity index (χ0) is 14.0. The number of methoxy groups -OCH3 is 2. The first kappa shape index (κ1) is 14.1. The van der Waals surface area contributed by atoms with Gasteiger partial charge < -0.3 is 14.6 Å². The van der Waals surface area contributed by atoms with E-state index in [2.05, 4.69) is 0 Å². The van der Waals surface area contributed by atoms with Gasteiger partial charge in [0.1, 0.15) is 11.5 Å². The first-order chi connectivity index (χ1) is 9.06. The number of carboxylic acids is 1. The van der Waals surface area contributed by atoms with Crippen LogP contribution >= 0.6 is 11.8 Å². The molecule has 0 aromatic heterocycles. The SMILES string of the molecule is COc1cc(C2(CC(=O)O)CC2)c(OC)cc1SC. The number of hydrogen-bond donors (Lipinski definition) is 1. The van der Waals surface area contributed by atoms with Gasteiger partial charge in [-0.3, -0.25) is 4.79 Å². The maximum absolute atomic E-state index is 11.0. The van der Waals surface area contributed by atoms with Crippen LogP contribution in [0.2, 0.25) is 0 Å². The maximum atomic E-state index is 11.0. The molecular formula is C14H18O4S. The summed E-state index contributed by atoms with van der Waals surface area (Å²) in [6, 6.07) is 3.86. The van der Waals surface area contributed by atoms with Crippen molar-refractivity contribution in [1.29, 1.82) is 0 Å². The summed E-state index contributed by atoms with van der Waals surface area (Å²) in [6.07, 6.45) is 3.89. The molecule has 0 atom stereocenters. The molecule has 0 bridgehead atoms. The van der Waals surface area contributed by atoms with E-state index in [0.717, 1.165) is 34.8 Å². The molecule has 0 radical (unpaired) electrons. The third kappa shape index (κ3) is 2.66. The van der Waals surface area contributed by atoms with E-state index in [9.17, 15) is 4.79 Å². The Morgan fingerprint density at radius 2 is 1.95 bits per heavy atom. The minimum absolute atomic E-state index is 0.144. The highest BCUT2D eigenvalue weighted by atomic mass is 32.2. The summed E-state index contributed by atoms with van der Waals surface area (Å²) in [5, 5.41) is 9.07. The first-order valence-electron chi connectivity index (χ1n) is 6.08. The van der Waals surface area contributed by atoms with Gasteiger partial charge in [0.15, 0.2) is 0 Å². The molecule has 0 amide bonds. The van der Waals surface area contributed by atoms with Crippen molar-refractivity contribution in [3.05, 3.63) is 17.7 Å². The molecular weight excluding hydrogens is 264 g/mol. The van der Waals surface area contributed by atoms with Crippen LogP contribution in [0.3, 0.4) is 0 Å². The first-order valence-corrected chi connectivity index (χ1v) is 7.31. The predicted octanol–water partition coefficient (Wildman–Crippen LogP) is 2.93. The van der Waals surface area contributed by atoms with Gasteiger partial charge >= 0.3 is 5.97 Å². The lowest BCUT2D eigenvalue weighted by Crippen LogP contribution is -2.14. The number of thioether (sulfide) groups is 1. The molecule has 1 fully saturated rings. The molecule has 1 aliphatic carbocycles. The Kier molecular flexibility index (Phi) is 3.94. The molecule has 1 aromatic rings. The smallest absolute Gasteiger partial charge is 0.304 e. The van der Waals surface area contributed by atoms with Crippen molar-refractivity contribution in [2.45, 2.75) is 29.6 Å². The second-order valence-electron chi connectivity index (χ2n) is 4.76. The van der Waals surface area contributed by atoms with Gasteiger partial charge in [0.25, 0.3) is 0 Å².